The van der Waals surface area contributed by atoms with Gasteiger partial charge in [-0.2, -0.15) is 20.4 Å². The van der Waals surface area contributed by atoms with Crippen LogP contribution in [0.15, 0.2) is 75.6 Å². The lowest BCUT2D eigenvalue weighted by molar-refractivity contribution is 0.0972. The van der Waals surface area contributed by atoms with Crippen LogP contribution in [0, 0.1) is 36.5 Å². The molecule has 2 amide bonds. The molecule has 83 heavy (non-hydrogen) atoms. The van der Waals surface area contributed by atoms with Gasteiger partial charge in [-0.25, -0.2) is 40.9 Å². The maximum Gasteiger partial charge on any atom is 0.268 e. The summed E-state index contributed by atoms with van der Waals surface area (Å²) < 4.78 is 61.2. The molecule has 8 rings (SSSR count). The molecule has 2 aliphatic rings. The Bertz CT molecular complexity index is 3500. The summed E-state index contributed by atoms with van der Waals surface area (Å²) >= 11 is 3.36. The number of halogens is 1. The van der Waals surface area contributed by atoms with E-state index in [4.69, 9.17) is 10.1 Å². The van der Waals surface area contributed by atoms with Crippen LogP contribution in [0.4, 0.5) is 11.6 Å². The number of rotatable bonds is 15. The zero-order chi connectivity index (χ0) is 62.2. The van der Waals surface area contributed by atoms with Gasteiger partial charge in [0.1, 0.15) is 42.2 Å². The molecule has 2 fully saturated rings. The smallest absolute Gasteiger partial charge is 0.268 e. The van der Waals surface area contributed by atoms with Gasteiger partial charge < -0.3 is 9.80 Å². The summed E-state index contributed by atoms with van der Waals surface area (Å²) in [6, 6.07) is 13.3. The van der Waals surface area contributed by atoms with Gasteiger partial charge in [-0.05, 0) is 129 Å². The molecule has 20 nitrogen and oxygen atoms in total. The van der Waals surface area contributed by atoms with Crippen LogP contribution in [0.5, 0.6) is 0 Å². The second kappa shape index (κ2) is 24.8. The van der Waals surface area contributed by atoms with Crippen LogP contribution in [0.3, 0.4) is 0 Å². The van der Waals surface area contributed by atoms with Crippen LogP contribution in [0.2, 0.25) is 38.3 Å². The number of hydrogen-bond donors (Lipinski definition) is 3. The number of aromatic amines is 1. The molecule has 456 valence electrons. The fraction of sp³-hybridized carbons (Fsp3) is 0.586. The van der Waals surface area contributed by atoms with E-state index in [0.29, 0.717) is 57.2 Å². The quantitative estimate of drug-likeness (QED) is 0.0641. The van der Waals surface area contributed by atoms with Crippen molar-refractivity contribution < 1.29 is 26.4 Å². The normalized spacial score (nSPS) is 17.4. The Labute approximate surface area is 504 Å². The molecule has 2 saturated heterocycles. The second-order valence-corrected chi connectivity index (χ2v) is 41.6. The summed E-state index contributed by atoms with van der Waals surface area (Å²) in [5, 5.41) is 22.8. The van der Waals surface area contributed by atoms with E-state index in [9.17, 15) is 26.4 Å². The van der Waals surface area contributed by atoms with Gasteiger partial charge in [0.15, 0.2) is 5.82 Å². The number of sulfonamides is 2. The number of aryl methyl sites for hydroxylation is 4. The van der Waals surface area contributed by atoms with Gasteiger partial charge in [-0.1, -0.05) is 107 Å². The molecule has 6 aromatic rings. The van der Waals surface area contributed by atoms with E-state index in [2.05, 4.69) is 182 Å². The topological polar surface area (TPSA) is 241 Å². The van der Waals surface area contributed by atoms with Crippen molar-refractivity contribution in [3.8, 4) is 5.82 Å². The lowest BCUT2D eigenvalue weighted by atomic mass is 9.94. The molecule has 0 bridgehead atoms. The number of anilines is 2. The average Bonchev–Trinajstić information content (AvgIpc) is 4.39. The number of aromatic nitrogens is 10. The standard InChI is InChI=1S/C29H45N7O3SSi.C18H24BrN5O3S.C11H22N2Si/c1-20-17-29(6,7)35(18-20)26-22(27(37)33-40(38,39)23-19-34(8)31-21(23)2)11-12-24(30-26)36-15-13-25(32-36)41(9,10)16-14-28(3,4)5;1-11-8-18(3,4)24(9-11)16-13(6-7-15(19)20-16)17(25)22-28(26,27)14-10-23(5)21-12(14)2;1-11(2,3)7-9-14(4,5)10-6-8-12-13-10/h11-13,15,19-20H,14,16-18H2,1-10H3,(H,33,37);6-7,10-11H,8-9H2,1-5H3,(H,22,25);6,8H,7,9H2,1-5H3,(H,12,13)/t20-;11-;/m00./s1. The number of carbonyl (C=O) groups excluding carboxylic acids is 2. The first-order valence-electron chi connectivity index (χ1n) is 28.4. The first-order chi connectivity index (χ1) is 38.0. The Morgan fingerprint density at radius 1 is 0.675 bits per heavy atom. The van der Waals surface area contributed by atoms with Gasteiger partial charge >= 0.3 is 0 Å². The highest BCUT2D eigenvalue weighted by Crippen LogP contribution is 2.40. The monoisotopic (exact) mass is 1280 g/mol. The lowest BCUT2D eigenvalue weighted by Gasteiger charge is -2.34. The van der Waals surface area contributed by atoms with Crippen molar-refractivity contribution in [2.45, 2.75) is 182 Å². The van der Waals surface area contributed by atoms with E-state index in [1.54, 1.807) is 56.9 Å². The maximum atomic E-state index is 13.6. The summed E-state index contributed by atoms with van der Waals surface area (Å²) in [6.45, 7) is 40.6. The molecular formula is C58H91BrN14O6S2Si2. The first kappa shape index (κ1) is 66.6. The zero-order valence-electron chi connectivity index (χ0n) is 52.6. The van der Waals surface area contributed by atoms with Gasteiger partial charge in [0.05, 0.1) is 22.5 Å². The highest BCUT2D eigenvalue weighted by Gasteiger charge is 2.41. The molecule has 2 aliphatic heterocycles. The highest BCUT2D eigenvalue weighted by atomic mass is 79.9. The first-order valence-corrected chi connectivity index (χ1v) is 38.6. The Morgan fingerprint density at radius 3 is 1.52 bits per heavy atom. The Balaban J connectivity index is 0.000000226. The SMILES string of the molecule is CC(C)(C)CC[Si](C)(C)c1ccn[nH]1.Cc1nn(C)cc1S(=O)(=O)NC(=O)c1ccc(-n2ccc([Si](C)(C)CCC(C)(C)C)n2)nc1N1C[C@@H](C)CC1(C)C.Cc1nn(C)cc1S(=O)(=O)NC(=O)c1ccc(Br)nc1N1C[C@@H](C)CC1(C)C. The van der Waals surface area contributed by atoms with Crippen molar-refractivity contribution >= 4 is 86.2 Å². The maximum absolute atomic E-state index is 13.6. The van der Waals surface area contributed by atoms with Crippen molar-refractivity contribution in [3.63, 3.8) is 0 Å². The fourth-order valence-electron chi connectivity index (χ4n) is 10.9. The molecule has 0 unspecified atom stereocenters. The third-order valence-corrected chi connectivity index (χ3v) is 25.3. The lowest BCUT2D eigenvalue weighted by Crippen LogP contribution is -2.43. The van der Waals surface area contributed by atoms with Gasteiger partial charge in [0.25, 0.3) is 31.9 Å². The number of nitrogens with zero attached hydrogens (tertiary/aromatic N) is 11. The molecular weight excluding hydrogens is 1190 g/mol. The van der Waals surface area contributed by atoms with Crippen molar-refractivity contribution in [2.75, 3.05) is 22.9 Å². The van der Waals surface area contributed by atoms with Crippen molar-refractivity contribution in [1.29, 1.82) is 0 Å². The average molecular weight is 1280 g/mol. The van der Waals surface area contributed by atoms with E-state index in [1.807, 2.05) is 12.4 Å². The van der Waals surface area contributed by atoms with Gasteiger partial charge in [0.2, 0.25) is 0 Å². The number of pyridine rings is 2. The van der Waals surface area contributed by atoms with Gasteiger partial charge in [-0.15, -0.1) is 0 Å². The fourth-order valence-corrected chi connectivity index (χ4v) is 18.6. The van der Waals surface area contributed by atoms with E-state index < -0.39 is 48.0 Å². The molecule has 0 spiro atoms. The van der Waals surface area contributed by atoms with E-state index in [-0.39, 0.29) is 37.4 Å². The summed E-state index contributed by atoms with van der Waals surface area (Å²) in [4.78, 5) is 40.1. The van der Waals surface area contributed by atoms with Gasteiger partial charge in [0, 0.05) is 73.7 Å². The van der Waals surface area contributed by atoms with Gasteiger partial charge in [-0.3, -0.25) is 24.1 Å². The Morgan fingerprint density at radius 2 is 1.12 bits per heavy atom. The van der Waals surface area contributed by atoms with Crippen molar-refractivity contribution in [1.82, 2.24) is 59.0 Å². The molecule has 0 saturated carbocycles. The van der Waals surface area contributed by atoms with E-state index in [1.165, 1.54) is 39.5 Å². The van der Waals surface area contributed by atoms with E-state index >= 15 is 0 Å². The zero-order valence-corrected chi connectivity index (χ0v) is 57.9. The van der Waals surface area contributed by atoms with Crippen molar-refractivity contribution in [3.05, 3.63) is 88.3 Å². The minimum Gasteiger partial charge on any atom is -0.351 e. The summed E-state index contributed by atoms with van der Waals surface area (Å²) in [5.41, 5.74) is 1.32. The number of hydrogen-bond acceptors (Lipinski definition) is 14. The predicted molar refractivity (Wildman–Crippen MR) is 339 cm³/mol. The third-order valence-electron chi connectivity index (χ3n) is 15.6. The second-order valence-electron chi connectivity index (χ2n) is 27.9. The number of nitrogens with one attached hydrogen (secondary N) is 3. The summed E-state index contributed by atoms with van der Waals surface area (Å²) in [5.74, 6) is 0.897. The van der Waals surface area contributed by atoms with E-state index in [0.717, 1.165) is 37.2 Å². The predicted octanol–water partition coefficient (Wildman–Crippen LogP) is 9.80. The molecule has 8 heterocycles. The van der Waals surface area contributed by atoms with Crippen LogP contribution < -0.4 is 29.9 Å². The van der Waals surface area contributed by atoms with Crippen LogP contribution in [-0.4, -0.2) is 118 Å². The number of carbonyl (C=O) groups is 2. The third kappa shape index (κ3) is 16.9. The van der Waals surface area contributed by atoms with Crippen molar-refractivity contribution in [2.24, 2.45) is 36.8 Å². The molecule has 0 radical (unpaired) electrons. The van der Waals surface area contributed by atoms with Crippen LogP contribution in [0.25, 0.3) is 5.82 Å². The Hall–Kier alpha value is -5.51. The van der Waals surface area contributed by atoms with Crippen LogP contribution >= 0.6 is 15.9 Å². The molecule has 25 heteroatoms. The summed E-state index contributed by atoms with van der Waals surface area (Å²) in [6.07, 6.45) is 10.9. The van der Waals surface area contributed by atoms with Crippen LogP contribution in [-0.2, 0) is 34.1 Å². The highest BCUT2D eigenvalue weighted by molar-refractivity contribution is 9.10. The molecule has 2 atom stereocenters. The minimum atomic E-state index is -4.13. The molecule has 3 N–H and O–H groups in total. The number of amides is 2. The number of H-pyrrole nitrogens is 1. The van der Waals surface area contributed by atoms with Crippen LogP contribution in [0.1, 0.15) is 141 Å². The Kier molecular flexibility index (Phi) is 19.9. The minimum absolute atomic E-state index is 0.0231. The molecule has 0 aromatic carbocycles. The molecule has 6 aromatic heterocycles. The summed E-state index contributed by atoms with van der Waals surface area (Å²) in [7, 11) is -7.94. The molecule has 0 aliphatic carbocycles. The largest absolute Gasteiger partial charge is 0.351 e.